The van der Waals surface area contributed by atoms with Gasteiger partial charge in [0, 0.05) is 12.6 Å². The summed E-state index contributed by atoms with van der Waals surface area (Å²) in [6, 6.07) is 10.4. The number of ether oxygens (including phenoxy) is 1. The third-order valence-electron chi connectivity index (χ3n) is 3.58. The van der Waals surface area contributed by atoms with Crippen molar-refractivity contribution in [3.63, 3.8) is 0 Å². The highest BCUT2D eigenvalue weighted by Gasteiger charge is 2.22. The van der Waals surface area contributed by atoms with Crippen LogP contribution in [0.2, 0.25) is 5.02 Å². The van der Waals surface area contributed by atoms with Crippen LogP contribution in [-0.2, 0) is 16.0 Å². The predicted octanol–water partition coefficient (Wildman–Crippen LogP) is 4.80. The average molecular weight is 375 g/mol. The van der Waals surface area contributed by atoms with E-state index in [1.165, 1.54) is 6.07 Å². The fourth-order valence-corrected chi connectivity index (χ4v) is 2.61. The number of halogens is 2. The van der Waals surface area contributed by atoms with E-state index in [0.29, 0.717) is 17.7 Å². The first-order valence-corrected chi connectivity index (χ1v) is 8.56. The van der Waals surface area contributed by atoms with Crippen LogP contribution in [0.1, 0.15) is 49.9 Å². The third-order valence-corrected chi connectivity index (χ3v) is 3.87. The zero-order chi connectivity index (χ0) is 19.3. The molecular weight excluding hydrogens is 355 g/mol. The number of benzene rings is 1. The van der Waals surface area contributed by atoms with Crippen molar-refractivity contribution < 1.29 is 13.9 Å². The topological polar surface area (TPSA) is 63.0 Å². The summed E-state index contributed by atoms with van der Waals surface area (Å²) in [7, 11) is 0. The minimum atomic E-state index is -0.693. The molecular formula is C20H20ClFN2O2. The number of hydrogen-bond acceptors (Lipinski definition) is 4. The monoisotopic (exact) mass is 374 g/mol. The van der Waals surface area contributed by atoms with E-state index < -0.39 is 23.3 Å². The molecule has 0 aliphatic heterocycles. The van der Waals surface area contributed by atoms with Gasteiger partial charge in [-0.15, -0.1) is 0 Å². The van der Waals surface area contributed by atoms with Crippen LogP contribution in [0.5, 0.6) is 0 Å². The van der Waals surface area contributed by atoms with Crippen LogP contribution in [0, 0.1) is 17.1 Å². The number of nitriles is 1. The van der Waals surface area contributed by atoms with Gasteiger partial charge in [-0.05, 0) is 44.0 Å². The molecule has 0 amide bonds. The Morgan fingerprint density at radius 3 is 2.65 bits per heavy atom. The van der Waals surface area contributed by atoms with Gasteiger partial charge in [-0.25, -0.2) is 4.39 Å². The Bertz CT molecular complexity index is 823. The largest absolute Gasteiger partial charge is 0.460 e. The molecule has 0 N–H and O–H groups in total. The van der Waals surface area contributed by atoms with Gasteiger partial charge in [0.2, 0.25) is 0 Å². The zero-order valence-electron chi connectivity index (χ0n) is 14.9. The molecule has 2 rings (SSSR count). The van der Waals surface area contributed by atoms with E-state index in [9.17, 15) is 14.4 Å². The molecule has 1 heterocycles. The molecule has 0 aliphatic carbocycles. The van der Waals surface area contributed by atoms with E-state index in [4.69, 9.17) is 16.3 Å². The van der Waals surface area contributed by atoms with E-state index >= 15 is 0 Å². The molecule has 1 aromatic heterocycles. The fraction of sp³-hybridized carbons (Fsp3) is 0.350. The summed E-state index contributed by atoms with van der Waals surface area (Å²) in [5, 5.41) is 9.41. The fourth-order valence-electron chi connectivity index (χ4n) is 2.42. The summed E-state index contributed by atoms with van der Waals surface area (Å²) in [6.07, 6.45) is 1.85. The van der Waals surface area contributed by atoms with E-state index in [0.717, 1.165) is 5.56 Å². The van der Waals surface area contributed by atoms with Gasteiger partial charge in [-0.1, -0.05) is 29.8 Å². The van der Waals surface area contributed by atoms with E-state index in [1.54, 1.807) is 51.2 Å². The van der Waals surface area contributed by atoms with Crippen LogP contribution in [-0.4, -0.2) is 16.6 Å². The van der Waals surface area contributed by atoms with Crippen LogP contribution in [0.25, 0.3) is 0 Å². The molecule has 26 heavy (non-hydrogen) atoms. The van der Waals surface area contributed by atoms with E-state index in [-0.39, 0.29) is 11.4 Å². The van der Waals surface area contributed by atoms with Crippen molar-refractivity contribution in [1.82, 2.24) is 4.98 Å². The number of aromatic nitrogens is 1. The summed E-state index contributed by atoms with van der Waals surface area (Å²) in [5.74, 6) is -1.59. The van der Waals surface area contributed by atoms with Crippen molar-refractivity contribution >= 4 is 17.6 Å². The molecule has 2 aromatic rings. The number of rotatable bonds is 5. The van der Waals surface area contributed by atoms with Crippen LogP contribution < -0.4 is 0 Å². The molecule has 0 saturated heterocycles. The Balaban J connectivity index is 2.09. The highest BCUT2D eigenvalue weighted by Crippen LogP contribution is 2.23. The number of pyridine rings is 1. The summed E-state index contributed by atoms with van der Waals surface area (Å²) in [4.78, 5) is 16.2. The van der Waals surface area contributed by atoms with Crippen molar-refractivity contribution in [3.05, 3.63) is 64.2 Å². The standard InChI is InChI=1S/C20H20ClFN2O2/c1-20(2,3)26-18(25)10-15(11-23)17-8-7-13(12-24-17)9-14-5-4-6-16(21)19(14)22/h4-8,12,15H,9-10H2,1-3H3. The van der Waals surface area contributed by atoms with Crippen molar-refractivity contribution in [2.24, 2.45) is 0 Å². The first-order chi connectivity index (χ1) is 12.2. The molecule has 1 aromatic carbocycles. The van der Waals surface area contributed by atoms with Crippen molar-refractivity contribution in [2.45, 2.75) is 45.1 Å². The molecule has 0 spiro atoms. The van der Waals surface area contributed by atoms with Crippen LogP contribution in [0.3, 0.4) is 0 Å². The van der Waals surface area contributed by atoms with Gasteiger partial charge in [-0.2, -0.15) is 5.26 Å². The number of carbonyl (C=O) groups excluding carboxylic acids is 1. The van der Waals surface area contributed by atoms with Crippen molar-refractivity contribution in [1.29, 1.82) is 5.26 Å². The minimum absolute atomic E-state index is 0.0664. The third kappa shape index (κ3) is 5.53. The number of esters is 1. The number of hydrogen-bond donors (Lipinski definition) is 0. The van der Waals surface area contributed by atoms with Crippen molar-refractivity contribution in [3.8, 4) is 6.07 Å². The highest BCUT2D eigenvalue weighted by molar-refractivity contribution is 6.30. The van der Waals surface area contributed by atoms with Gasteiger partial charge in [0.15, 0.2) is 0 Å². The Kier molecular flexibility index (Phi) is 6.33. The summed E-state index contributed by atoms with van der Waals surface area (Å²) < 4.78 is 19.2. The van der Waals surface area contributed by atoms with Gasteiger partial charge in [0.1, 0.15) is 11.4 Å². The molecule has 0 bridgehead atoms. The van der Waals surface area contributed by atoms with E-state index in [2.05, 4.69) is 11.1 Å². The highest BCUT2D eigenvalue weighted by atomic mass is 35.5. The maximum absolute atomic E-state index is 14.0. The molecule has 136 valence electrons. The van der Waals surface area contributed by atoms with Crippen LogP contribution >= 0.6 is 11.6 Å². The van der Waals surface area contributed by atoms with Gasteiger partial charge >= 0.3 is 5.97 Å². The molecule has 0 fully saturated rings. The maximum Gasteiger partial charge on any atom is 0.308 e. The molecule has 0 radical (unpaired) electrons. The normalized spacial score (nSPS) is 12.3. The Morgan fingerprint density at radius 2 is 2.08 bits per heavy atom. The minimum Gasteiger partial charge on any atom is -0.460 e. The lowest BCUT2D eigenvalue weighted by Gasteiger charge is -2.20. The number of nitrogens with zero attached hydrogens (tertiary/aromatic N) is 2. The second-order valence-electron chi connectivity index (χ2n) is 6.95. The van der Waals surface area contributed by atoms with Gasteiger partial charge in [-0.3, -0.25) is 9.78 Å². The van der Waals surface area contributed by atoms with Crippen molar-refractivity contribution in [2.75, 3.05) is 0 Å². The first-order valence-electron chi connectivity index (χ1n) is 8.19. The van der Waals surface area contributed by atoms with Gasteiger partial charge in [0.25, 0.3) is 0 Å². The lowest BCUT2D eigenvalue weighted by Crippen LogP contribution is -2.24. The summed E-state index contributed by atoms with van der Waals surface area (Å²) in [5.41, 5.74) is 1.13. The Morgan fingerprint density at radius 1 is 1.35 bits per heavy atom. The molecule has 6 heteroatoms. The average Bonchev–Trinajstić information content (AvgIpc) is 2.56. The molecule has 1 unspecified atom stereocenters. The Labute approximate surface area is 157 Å². The quantitative estimate of drug-likeness (QED) is 0.705. The second kappa shape index (κ2) is 8.29. The molecule has 0 aliphatic rings. The van der Waals surface area contributed by atoms with E-state index in [1.807, 2.05) is 0 Å². The molecule has 0 saturated carbocycles. The zero-order valence-corrected chi connectivity index (χ0v) is 15.7. The Hall–Kier alpha value is -2.45. The predicted molar refractivity (Wildman–Crippen MR) is 97.3 cm³/mol. The summed E-state index contributed by atoms with van der Waals surface area (Å²) >= 11 is 5.79. The van der Waals surface area contributed by atoms with Gasteiger partial charge in [0.05, 0.1) is 29.1 Å². The van der Waals surface area contributed by atoms with Gasteiger partial charge < -0.3 is 4.74 Å². The molecule has 4 nitrogen and oxygen atoms in total. The number of carbonyl (C=O) groups is 1. The molecule has 1 atom stereocenters. The van der Waals surface area contributed by atoms with Crippen LogP contribution in [0.15, 0.2) is 36.5 Å². The first kappa shape index (κ1) is 19.9. The smallest absolute Gasteiger partial charge is 0.308 e. The maximum atomic E-state index is 14.0. The summed E-state index contributed by atoms with van der Waals surface area (Å²) in [6.45, 7) is 5.32. The SMILES string of the molecule is CC(C)(C)OC(=O)CC(C#N)c1ccc(Cc2cccc(Cl)c2F)cn1. The lowest BCUT2D eigenvalue weighted by atomic mass is 10.0. The second-order valence-corrected chi connectivity index (χ2v) is 7.36. The lowest BCUT2D eigenvalue weighted by molar-refractivity contribution is -0.155. The van der Waals surface area contributed by atoms with Crippen LogP contribution in [0.4, 0.5) is 4.39 Å².